The van der Waals surface area contributed by atoms with Gasteiger partial charge in [0.25, 0.3) is 0 Å². The summed E-state index contributed by atoms with van der Waals surface area (Å²) < 4.78 is 32.1. The second-order valence-electron chi connectivity index (χ2n) is 6.69. The summed E-state index contributed by atoms with van der Waals surface area (Å²) in [5.74, 6) is -0.473. The van der Waals surface area contributed by atoms with Crippen LogP contribution in [0.5, 0.6) is 0 Å². The Balaban J connectivity index is 2.64. The average molecular weight is 406 g/mol. The monoisotopic (exact) mass is 405 g/mol. The smallest absolute Gasteiger partial charge is 0.408 e. The maximum Gasteiger partial charge on any atom is 0.408 e. The number of carbonyl (C=O) groups is 2. The summed E-state index contributed by atoms with van der Waals surface area (Å²) in [4.78, 5) is 24.2. The van der Waals surface area contributed by atoms with E-state index in [1.54, 1.807) is 27.7 Å². The van der Waals surface area contributed by atoms with E-state index in [0.717, 1.165) is 24.2 Å². The van der Waals surface area contributed by atoms with E-state index < -0.39 is 27.6 Å². The molecule has 0 bridgehead atoms. The molecule has 0 radical (unpaired) electrons. The standard InChI is InChI=1S/C16H27N3O5S2/c1-6-7-8-18-26(22,23)14-9-12(11(2)25-14)19-13(20)10-17-15(21)24-16(3,4)5/h9,18H,6-8,10H2,1-5H3,(H,17,21)(H,19,20). The number of unbranched alkanes of at least 4 members (excludes halogenated alkanes) is 1. The molecule has 3 N–H and O–H groups in total. The zero-order valence-electron chi connectivity index (χ0n) is 15.8. The van der Waals surface area contributed by atoms with Crippen LogP contribution in [-0.4, -0.2) is 39.1 Å². The molecule has 10 heteroatoms. The molecule has 1 heterocycles. The third kappa shape index (κ3) is 7.71. The molecular weight excluding hydrogens is 378 g/mol. The van der Waals surface area contributed by atoms with E-state index in [1.807, 2.05) is 6.92 Å². The van der Waals surface area contributed by atoms with Crippen molar-refractivity contribution in [1.29, 1.82) is 0 Å². The number of rotatable bonds is 8. The first-order chi connectivity index (χ1) is 11.9. The number of anilines is 1. The highest BCUT2D eigenvalue weighted by molar-refractivity contribution is 7.91. The number of aryl methyl sites for hydroxylation is 1. The Hall–Kier alpha value is -1.65. The number of thiophene rings is 1. The van der Waals surface area contributed by atoms with E-state index in [-0.39, 0.29) is 10.8 Å². The number of alkyl carbamates (subject to hydrolysis) is 1. The van der Waals surface area contributed by atoms with Crippen molar-refractivity contribution in [3.63, 3.8) is 0 Å². The lowest BCUT2D eigenvalue weighted by Gasteiger charge is -2.19. The van der Waals surface area contributed by atoms with E-state index in [2.05, 4.69) is 15.4 Å². The molecule has 0 spiro atoms. The highest BCUT2D eigenvalue weighted by Gasteiger charge is 2.20. The number of carbonyl (C=O) groups excluding carboxylic acids is 2. The Morgan fingerprint density at radius 3 is 2.50 bits per heavy atom. The summed E-state index contributed by atoms with van der Waals surface area (Å²) in [6, 6.07) is 1.42. The van der Waals surface area contributed by atoms with Crippen LogP contribution in [0.4, 0.5) is 10.5 Å². The van der Waals surface area contributed by atoms with Crippen LogP contribution in [0.15, 0.2) is 10.3 Å². The molecule has 0 saturated carbocycles. The van der Waals surface area contributed by atoms with Crippen molar-refractivity contribution >= 4 is 39.0 Å². The summed E-state index contributed by atoms with van der Waals surface area (Å²) in [5, 5.41) is 4.95. The predicted octanol–water partition coefficient (Wildman–Crippen LogP) is 2.60. The highest BCUT2D eigenvalue weighted by atomic mass is 32.2. The van der Waals surface area contributed by atoms with Gasteiger partial charge in [-0.25, -0.2) is 17.9 Å². The number of sulfonamides is 1. The fourth-order valence-corrected chi connectivity index (χ4v) is 4.34. The van der Waals surface area contributed by atoms with Crippen molar-refractivity contribution in [1.82, 2.24) is 10.0 Å². The van der Waals surface area contributed by atoms with E-state index in [9.17, 15) is 18.0 Å². The highest BCUT2D eigenvalue weighted by Crippen LogP contribution is 2.29. The molecule has 0 aliphatic heterocycles. The fraction of sp³-hybridized carbons (Fsp3) is 0.625. The van der Waals surface area contributed by atoms with Crippen LogP contribution in [0, 0.1) is 6.92 Å². The average Bonchev–Trinajstić information content (AvgIpc) is 2.85. The summed E-state index contributed by atoms with van der Waals surface area (Å²) >= 11 is 1.08. The molecule has 8 nitrogen and oxygen atoms in total. The van der Waals surface area contributed by atoms with Crippen LogP contribution in [0.1, 0.15) is 45.4 Å². The normalized spacial score (nSPS) is 11.9. The quantitative estimate of drug-likeness (QED) is 0.575. The Labute approximate surface area is 158 Å². The molecule has 1 rings (SSSR count). The van der Waals surface area contributed by atoms with Gasteiger partial charge < -0.3 is 15.4 Å². The molecule has 0 atom stereocenters. The molecule has 0 aliphatic carbocycles. The SMILES string of the molecule is CCCCNS(=O)(=O)c1cc(NC(=O)CNC(=O)OC(C)(C)C)c(C)s1. The molecule has 1 aromatic rings. The minimum absolute atomic E-state index is 0.140. The van der Waals surface area contributed by atoms with Crippen molar-refractivity contribution in [2.24, 2.45) is 0 Å². The van der Waals surface area contributed by atoms with Gasteiger partial charge in [-0.3, -0.25) is 4.79 Å². The van der Waals surface area contributed by atoms with Crippen molar-refractivity contribution in [3.8, 4) is 0 Å². The molecule has 0 fully saturated rings. The molecule has 0 aromatic carbocycles. The minimum Gasteiger partial charge on any atom is -0.444 e. The Kier molecular flexibility index (Phi) is 8.04. The second-order valence-corrected chi connectivity index (χ2v) is 9.94. The van der Waals surface area contributed by atoms with Gasteiger partial charge in [0, 0.05) is 11.4 Å². The number of nitrogens with one attached hydrogen (secondary N) is 3. The van der Waals surface area contributed by atoms with Gasteiger partial charge in [-0.2, -0.15) is 0 Å². The van der Waals surface area contributed by atoms with Crippen LogP contribution in [0.25, 0.3) is 0 Å². The summed E-state index contributed by atoms with van der Waals surface area (Å²) in [5.41, 5.74) is -0.250. The Morgan fingerprint density at radius 1 is 1.27 bits per heavy atom. The fourth-order valence-electron chi connectivity index (χ4n) is 1.83. The zero-order valence-corrected chi connectivity index (χ0v) is 17.4. The van der Waals surface area contributed by atoms with Crippen LogP contribution in [-0.2, 0) is 19.6 Å². The maximum absolute atomic E-state index is 12.2. The summed E-state index contributed by atoms with van der Waals surface area (Å²) in [6.45, 7) is 8.95. The van der Waals surface area contributed by atoms with E-state index >= 15 is 0 Å². The first kappa shape index (κ1) is 22.4. The van der Waals surface area contributed by atoms with Crippen molar-refractivity contribution < 1.29 is 22.7 Å². The largest absolute Gasteiger partial charge is 0.444 e. The minimum atomic E-state index is -3.59. The van der Waals surface area contributed by atoms with Gasteiger partial charge in [0.15, 0.2) is 0 Å². The lowest BCUT2D eigenvalue weighted by atomic mass is 10.2. The molecule has 148 valence electrons. The number of hydrogen-bond acceptors (Lipinski definition) is 6. The molecule has 2 amide bonds. The molecule has 0 aliphatic rings. The third-order valence-electron chi connectivity index (χ3n) is 3.05. The van der Waals surface area contributed by atoms with Crippen molar-refractivity contribution in [2.75, 3.05) is 18.4 Å². The van der Waals surface area contributed by atoms with Crippen LogP contribution in [0.3, 0.4) is 0 Å². The Morgan fingerprint density at radius 2 is 1.92 bits per heavy atom. The first-order valence-corrected chi connectivity index (χ1v) is 10.6. The van der Waals surface area contributed by atoms with Gasteiger partial charge in [-0.15, -0.1) is 11.3 Å². The zero-order chi connectivity index (χ0) is 20.0. The van der Waals surface area contributed by atoms with Gasteiger partial charge in [0.2, 0.25) is 15.9 Å². The maximum atomic E-state index is 12.2. The van der Waals surface area contributed by atoms with Gasteiger partial charge in [-0.1, -0.05) is 13.3 Å². The molecule has 0 saturated heterocycles. The molecule has 0 unspecified atom stereocenters. The molecular formula is C16H27N3O5S2. The van der Waals surface area contributed by atoms with Crippen molar-refractivity contribution in [2.45, 2.75) is 57.3 Å². The third-order valence-corrected chi connectivity index (χ3v) is 6.03. The van der Waals surface area contributed by atoms with Gasteiger partial charge in [-0.05, 0) is 40.2 Å². The van der Waals surface area contributed by atoms with E-state index in [0.29, 0.717) is 17.1 Å². The van der Waals surface area contributed by atoms with Gasteiger partial charge >= 0.3 is 6.09 Å². The predicted molar refractivity (Wildman–Crippen MR) is 102 cm³/mol. The van der Waals surface area contributed by atoms with Crippen LogP contribution >= 0.6 is 11.3 Å². The lowest BCUT2D eigenvalue weighted by molar-refractivity contribution is -0.115. The summed E-state index contributed by atoms with van der Waals surface area (Å²) in [6.07, 6.45) is 0.944. The van der Waals surface area contributed by atoms with Gasteiger partial charge in [0.05, 0.1) is 5.69 Å². The van der Waals surface area contributed by atoms with E-state index in [4.69, 9.17) is 4.74 Å². The van der Waals surface area contributed by atoms with Crippen molar-refractivity contribution in [3.05, 3.63) is 10.9 Å². The first-order valence-electron chi connectivity index (χ1n) is 8.31. The lowest BCUT2D eigenvalue weighted by Crippen LogP contribution is -2.37. The topological polar surface area (TPSA) is 114 Å². The number of hydrogen-bond donors (Lipinski definition) is 3. The molecule has 1 aromatic heterocycles. The van der Waals surface area contributed by atoms with Crippen LogP contribution < -0.4 is 15.4 Å². The number of amides is 2. The second kappa shape index (κ2) is 9.33. The van der Waals surface area contributed by atoms with Crippen LogP contribution in [0.2, 0.25) is 0 Å². The Bertz CT molecular complexity index is 736. The van der Waals surface area contributed by atoms with E-state index in [1.165, 1.54) is 6.07 Å². The summed E-state index contributed by atoms with van der Waals surface area (Å²) in [7, 11) is -3.59. The number of ether oxygens (including phenoxy) is 1. The van der Waals surface area contributed by atoms with Gasteiger partial charge in [0.1, 0.15) is 16.4 Å². The molecule has 26 heavy (non-hydrogen) atoms.